The first-order valence-electron chi connectivity index (χ1n) is 3.95. The van der Waals surface area contributed by atoms with Crippen LogP contribution < -0.4 is 0 Å². The quantitative estimate of drug-likeness (QED) is 0.310. The van der Waals surface area contributed by atoms with Crippen molar-refractivity contribution in [1.29, 1.82) is 0 Å². The van der Waals surface area contributed by atoms with E-state index in [1.54, 1.807) is 0 Å². The Hall–Kier alpha value is -0.290. The van der Waals surface area contributed by atoms with E-state index in [1.165, 1.54) is 0 Å². The van der Waals surface area contributed by atoms with Crippen molar-refractivity contribution in [2.45, 2.75) is 19.3 Å². The summed E-state index contributed by atoms with van der Waals surface area (Å²) in [6.07, 6.45) is 1.90. The highest BCUT2D eigenvalue weighted by molar-refractivity contribution is 7.77. The van der Waals surface area contributed by atoms with Gasteiger partial charge in [0.15, 0.2) is 0 Å². The fourth-order valence-corrected chi connectivity index (χ4v) is 2.93. The molecule has 0 saturated heterocycles. The Balaban J connectivity index is 4.74. The van der Waals surface area contributed by atoms with Gasteiger partial charge >= 0.3 is 15.2 Å². The van der Waals surface area contributed by atoms with Crippen LogP contribution in [0.2, 0.25) is 0 Å². The summed E-state index contributed by atoms with van der Waals surface area (Å²) >= 11 is 0. The van der Waals surface area contributed by atoms with E-state index < -0.39 is 20.2 Å². The van der Waals surface area contributed by atoms with Crippen molar-refractivity contribution in [3.8, 4) is 0 Å². The third kappa shape index (κ3) is 5.99. The van der Waals surface area contributed by atoms with Crippen LogP contribution in [-0.2, 0) is 13.9 Å². The van der Waals surface area contributed by atoms with Crippen LogP contribution in [0.1, 0.15) is 19.3 Å². The number of unbranched alkanes of at least 4 members (excludes halogenated alkanes) is 2. The van der Waals surface area contributed by atoms with E-state index in [0.29, 0.717) is 6.29 Å². The Morgan fingerprint density at radius 2 is 1.47 bits per heavy atom. The number of hydrogen-bond acceptors (Lipinski definition) is 3. The molecule has 15 heavy (non-hydrogen) atoms. The lowest BCUT2D eigenvalue weighted by Crippen LogP contribution is -1.89. The largest absolute Gasteiger partial charge is 0.364 e. The normalized spacial score (nSPS) is 12.3. The highest BCUT2D eigenvalue weighted by Crippen LogP contribution is 2.63. The first-order valence-corrected chi connectivity index (χ1v) is 7.18. The molecule has 0 fully saturated rings. The van der Waals surface area contributed by atoms with Crippen LogP contribution in [0, 0.1) is 0 Å². The van der Waals surface area contributed by atoms with E-state index >= 15 is 0 Å². The van der Waals surface area contributed by atoms with Gasteiger partial charge in [0.1, 0.15) is 11.3 Å². The van der Waals surface area contributed by atoms with Crippen LogP contribution in [0.15, 0.2) is 11.1 Å². The molecule has 4 N–H and O–H groups in total. The molecule has 0 aliphatic carbocycles. The fourth-order valence-electron chi connectivity index (χ4n) is 0.840. The minimum atomic E-state index is -4.94. The molecule has 0 atom stereocenters. The Morgan fingerprint density at radius 3 is 1.80 bits per heavy atom. The van der Waals surface area contributed by atoms with E-state index in [0.717, 1.165) is 6.08 Å². The Kier molecular flexibility index (Phi) is 5.59. The minimum absolute atomic E-state index is 0.0320. The van der Waals surface area contributed by atoms with Crippen molar-refractivity contribution >= 4 is 21.5 Å². The summed E-state index contributed by atoms with van der Waals surface area (Å²) < 4.78 is 21.4. The second kappa shape index (κ2) is 5.70. The van der Waals surface area contributed by atoms with Crippen molar-refractivity contribution in [1.82, 2.24) is 0 Å². The second-order valence-electron chi connectivity index (χ2n) is 2.75. The molecule has 88 valence electrons. The molecule has 0 aliphatic heterocycles. The van der Waals surface area contributed by atoms with Gasteiger partial charge in [-0.05, 0) is 12.8 Å². The second-order valence-corrected chi connectivity index (χ2v) is 6.24. The van der Waals surface area contributed by atoms with Crippen LogP contribution >= 0.6 is 15.2 Å². The smallest absolute Gasteiger partial charge is 0.321 e. The Morgan fingerprint density at radius 1 is 1.00 bits per heavy atom. The summed E-state index contributed by atoms with van der Waals surface area (Å²) in [5.41, 5.74) is 0. The molecule has 0 aromatic rings. The van der Waals surface area contributed by atoms with Crippen molar-refractivity contribution in [2.24, 2.45) is 0 Å². The molecule has 0 amide bonds. The van der Waals surface area contributed by atoms with Crippen molar-refractivity contribution in [3.05, 3.63) is 11.1 Å². The van der Waals surface area contributed by atoms with Crippen molar-refractivity contribution < 1.29 is 33.5 Å². The number of rotatable bonds is 6. The molecular formula is C6H12O7P2. The van der Waals surface area contributed by atoms with Crippen LogP contribution in [-0.4, -0.2) is 25.9 Å². The van der Waals surface area contributed by atoms with E-state index in [2.05, 4.69) is 0 Å². The van der Waals surface area contributed by atoms with Gasteiger partial charge in [0.25, 0.3) is 0 Å². The van der Waals surface area contributed by atoms with Gasteiger partial charge in [-0.15, -0.1) is 0 Å². The predicted octanol–water partition coefficient (Wildman–Crippen LogP) is 0.552. The van der Waals surface area contributed by atoms with E-state index in [4.69, 9.17) is 19.6 Å². The molecule has 0 heterocycles. The summed E-state index contributed by atoms with van der Waals surface area (Å²) in [6.45, 7) is 0. The number of carbonyl (C=O) groups excluding carboxylic acids is 1. The summed E-state index contributed by atoms with van der Waals surface area (Å²) in [4.78, 5) is 44.5. The van der Waals surface area contributed by atoms with Gasteiger partial charge in [-0.25, -0.2) is 0 Å². The van der Waals surface area contributed by atoms with Gasteiger partial charge in [0.05, 0.1) is 0 Å². The van der Waals surface area contributed by atoms with Crippen molar-refractivity contribution in [2.75, 3.05) is 0 Å². The zero-order valence-electron chi connectivity index (χ0n) is 7.68. The number of aldehydes is 1. The predicted molar refractivity (Wildman–Crippen MR) is 52.1 cm³/mol. The minimum Gasteiger partial charge on any atom is -0.321 e. The molecule has 9 heteroatoms. The molecule has 0 bridgehead atoms. The highest BCUT2D eigenvalue weighted by atomic mass is 31.2. The van der Waals surface area contributed by atoms with Gasteiger partial charge in [-0.2, -0.15) is 0 Å². The zero-order valence-corrected chi connectivity index (χ0v) is 9.47. The fraction of sp³-hybridized carbons (Fsp3) is 0.500. The zero-order chi connectivity index (χ0) is 12.1. The average molecular weight is 258 g/mol. The lowest BCUT2D eigenvalue weighted by molar-refractivity contribution is -0.107. The average Bonchev–Trinajstić information content (AvgIpc) is 1.99. The molecule has 7 nitrogen and oxygen atoms in total. The molecule has 0 aliphatic rings. The summed E-state index contributed by atoms with van der Waals surface area (Å²) in [7, 11) is -9.87. The van der Waals surface area contributed by atoms with Gasteiger partial charge in [-0.1, -0.05) is 6.08 Å². The van der Waals surface area contributed by atoms with Crippen LogP contribution in [0.25, 0.3) is 0 Å². The number of hydrogen-bond donors (Lipinski definition) is 4. The van der Waals surface area contributed by atoms with Crippen molar-refractivity contribution in [3.63, 3.8) is 0 Å². The first kappa shape index (κ1) is 14.7. The maximum atomic E-state index is 10.7. The van der Waals surface area contributed by atoms with Crippen LogP contribution in [0.4, 0.5) is 0 Å². The van der Waals surface area contributed by atoms with Gasteiger partial charge in [0, 0.05) is 6.42 Å². The van der Waals surface area contributed by atoms with Crippen LogP contribution in [0.5, 0.6) is 0 Å². The molecule has 0 unspecified atom stereocenters. The lowest BCUT2D eigenvalue weighted by atomic mass is 10.2. The van der Waals surface area contributed by atoms with E-state index in [9.17, 15) is 13.9 Å². The molecule has 0 aromatic heterocycles. The molecular weight excluding hydrogens is 246 g/mol. The first-order chi connectivity index (χ1) is 6.69. The standard InChI is InChI=1S/C6H12O7P2/c7-5-3-1-2-4-6(14(8,9)10)15(11,12)13/h4-5H,1-3H2,(H2,8,9,10)(H2,11,12,13). The molecule has 0 radical (unpaired) electrons. The maximum Gasteiger partial charge on any atom is 0.364 e. The third-order valence-corrected chi connectivity index (χ3v) is 4.57. The maximum absolute atomic E-state index is 10.7. The highest BCUT2D eigenvalue weighted by Gasteiger charge is 2.35. The van der Waals surface area contributed by atoms with Gasteiger partial charge in [0.2, 0.25) is 0 Å². The molecule has 0 rings (SSSR count). The molecule has 0 spiro atoms. The monoisotopic (exact) mass is 258 g/mol. The number of allylic oxidation sites excluding steroid dienone is 1. The lowest BCUT2D eigenvalue weighted by Gasteiger charge is -2.10. The number of carbonyl (C=O) groups is 1. The molecule has 0 aromatic carbocycles. The van der Waals surface area contributed by atoms with Gasteiger partial charge in [-0.3, -0.25) is 9.13 Å². The Bertz CT molecular complexity index is 311. The topological polar surface area (TPSA) is 132 Å². The van der Waals surface area contributed by atoms with Gasteiger partial charge < -0.3 is 24.4 Å². The van der Waals surface area contributed by atoms with Crippen LogP contribution in [0.3, 0.4) is 0 Å². The Labute approximate surface area is 86.1 Å². The summed E-state index contributed by atoms with van der Waals surface area (Å²) in [5.74, 6) is 0. The third-order valence-electron chi connectivity index (χ3n) is 1.45. The van der Waals surface area contributed by atoms with E-state index in [1.807, 2.05) is 0 Å². The SMILES string of the molecule is O=CCCCC=C(P(=O)(O)O)P(=O)(O)O. The summed E-state index contributed by atoms with van der Waals surface area (Å²) in [5, 5.41) is -1.18. The van der Waals surface area contributed by atoms with E-state index in [-0.39, 0.29) is 19.3 Å². The summed E-state index contributed by atoms with van der Waals surface area (Å²) in [6, 6.07) is 0. The molecule has 0 saturated carbocycles.